The number of halogens is 2. The number of fused-ring (bicyclic) bond motifs is 1. The summed E-state index contributed by atoms with van der Waals surface area (Å²) in [4.78, 5) is 3.02. The molecule has 0 atom stereocenters. The first-order chi connectivity index (χ1) is 9.61. The molecule has 3 aromatic rings. The Morgan fingerprint density at radius 3 is 2.85 bits per heavy atom. The topological polar surface area (TPSA) is 44.5 Å². The highest BCUT2D eigenvalue weighted by atomic mass is 35.5. The number of aromatic amines is 1. The van der Waals surface area contributed by atoms with Crippen LogP contribution in [0.15, 0.2) is 36.4 Å². The van der Waals surface area contributed by atoms with Gasteiger partial charge in [0.05, 0.1) is 21.6 Å². The molecule has 0 aliphatic carbocycles. The van der Waals surface area contributed by atoms with Crippen molar-refractivity contribution in [1.82, 2.24) is 9.55 Å². The molecule has 0 saturated carbocycles. The van der Waals surface area contributed by atoms with Crippen molar-refractivity contribution in [1.29, 1.82) is 5.26 Å². The molecule has 98 valence electrons. The van der Waals surface area contributed by atoms with Crippen LogP contribution < -0.4 is 0 Å². The summed E-state index contributed by atoms with van der Waals surface area (Å²) in [6.45, 7) is 0. The van der Waals surface area contributed by atoms with E-state index in [-0.39, 0.29) is 5.56 Å². The molecule has 0 saturated heterocycles. The number of hydrogen-bond acceptors (Lipinski definition) is 2. The smallest absolute Gasteiger partial charge is 0.182 e. The van der Waals surface area contributed by atoms with Gasteiger partial charge in [-0.1, -0.05) is 17.7 Å². The number of rotatable bonds is 1. The number of para-hydroxylation sites is 1. The number of benzene rings is 2. The van der Waals surface area contributed by atoms with Crippen molar-refractivity contribution in [3.63, 3.8) is 0 Å². The lowest BCUT2D eigenvalue weighted by Crippen LogP contribution is -1.96. The van der Waals surface area contributed by atoms with Crippen molar-refractivity contribution in [2.24, 2.45) is 0 Å². The minimum absolute atomic E-state index is 0.0271. The standard InChI is InChI=1S/C14H7ClFN3S/c15-10-2-1-3-12-13(10)18-14(20)19(12)9-4-5-11(16)8(6-9)7-17/h1-6H,(H,18,20). The molecule has 0 amide bonds. The lowest BCUT2D eigenvalue weighted by molar-refractivity contribution is 0.623. The molecule has 0 radical (unpaired) electrons. The van der Waals surface area contributed by atoms with Gasteiger partial charge in [0.15, 0.2) is 4.77 Å². The van der Waals surface area contributed by atoms with Crippen molar-refractivity contribution in [3.05, 3.63) is 57.6 Å². The number of H-pyrrole nitrogens is 1. The number of aromatic nitrogens is 2. The first-order valence-corrected chi connectivity index (χ1v) is 6.49. The molecule has 20 heavy (non-hydrogen) atoms. The summed E-state index contributed by atoms with van der Waals surface area (Å²) in [7, 11) is 0. The van der Waals surface area contributed by atoms with E-state index >= 15 is 0 Å². The van der Waals surface area contributed by atoms with Gasteiger partial charge in [0.1, 0.15) is 11.9 Å². The summed E-state index contributed by atoms with van der Waals surface area (Å²) >= 11 is 11.4. The summed E-state index contributed by atoms with van der Waals surface area (Å²) in [5.74, 6) is -0.555. The van der Waals surface area contributed by atoms with Gasteiger partial charge >= 0.3 is 0 Å². The second-order valence-electron chi connectivity index (χ2n) is 4.18. The first kappa shape index (κ1) is 12.9. The van der Waals surface area contributed by atoms with Gasteiger partial charge in [0.2, 0.25) is 0 Å². The van der Waals surface area contributed by atoms with Crippen LogP contribution in [-0.2, 0) is 0 Å². The van der Waals surface area contributed by atoms with Crippen molar-refractivity contribution in [2.45, 2.75) is 0 Å². The highest BCUT2D eigenvalue weighted by Gasteiger charge is 2.11. The van der Waals surface area contributed by atoms with E-state index in [0.29, 0.717) is 21.0 Å². The number of nitrogens with one attached hydrogen (secondary N) is 1. The Morgan fingerprint density at radius 1 is 1.30 bits per heavy atom. The fraction of sp³-hybridized carbons (Fsp3) is 0. The lowest BCUT2D eigenvalue weighted by atomic mass is 10.2. The van der Waals surface area contributed by atoms with E-state index in [1.807, 2.05) is 12.1 Å². The Labute approximate surface area is 123 Å². The summed E-state index contributed by atoms with van der Waals surface area (Å²) in [6, 6.07) is 11.5. The van der Waals surface area contributed by atoms with Crippen LogP contribution in [0.3, 0.4) is 0 Å². The second kappa shape index (κ2) is 4.75. The third kappa shape index (κ3) is 1.90. The van der Waals surface area contributed by atoms with Gasteiger partial charge in [-0.05, 0) is 42.5 Å². The maximum Gasteiger partial charge on any atom is 0.182 e. The van der Waals surface area contributed by atoms with Crippen molar-refractivity contribution in [3.8, 4) is 11.8 Å². The molecule has 0 spiro atoms. The van der Waals surface area contributed by atoms with Gasteiger partial charge in [-0.15, -0.1) is 0 Å². The largest absolute Gasteiger partial charge is 0.329 e. The van der Waals surface area contributed by atoms with E-state index in [2.05, 4.69) is 4.98 Å². The number of imidazole rings is 1. The average molecular weight is 304 g/mol. The van der Waals surface area contributed by atoms with Gasteiger partial charge in [-0.25, -0.2) is 4.39 Å². The van der Waals surface area contributed by atoms with Gasteiger partial charge < -0.3 is 4.98 Å². The van der Waals surface area contributed by atoms with Crippen molar-refractivity contribution >= 4 is 34.9 Å². The minimum Gasteiger partial charge on any atom is -0.329 e. The predicted octanol–water partition coefficient (Wildman–Crippen LogP) is 4.35. The molecule has 1 heterocycles. The fourth-order valence-electron chi connectivity index (χ4n) is 2.09. The molecular weight excluding hydrogens is 297 g/mol. The van der Waals surface area contributed by atoms with Gasteiger partial charge in [0.25, 0.3) is 0 Å². The van der Waals surface area contributed by atoms with Crippen LogP contribution in [0.1, 0.15) is 5.56 Å². The summed E-state index contributed by atoms with van der Waals surface area (Å²) in [5, 5.41) is 9.46. The maximum absolute atomic E-state index is 13.4. The Hall–Kier alpha value is -2.16. The Morgan fingerprint density at radius 2 is 2.10 bits per heavy atom. The highest BCUT2D eigenvalue weighted by Crippen LogP contribution is 2.26. The van der Waals surface area contributed by atoms with E-state index in [9.17, 15) is 4.39 Å². The van der Waals surface area contributed by atoms with Crippen molar-refractivity contribution in [2.75, 3.05) is 0 Å². The monoisotopic (exact) mass is 303 g/mol. The van der Waals surface area contributed by atoms with E-state index in [0.717, 1.165) is 5.52 Å². The molecule has 0 fully saturated rings. The molecule has 3 rings (SSSR count). The quantitative estimate of drug-likeness (QED) is 0.679. The van der Waals surface area contributed by atoms with Crippen LogP contribution in [0.2, 0.25) is 5.02 Å². The summed E-state index contributed by atoms with van der Waals surface area (Å²) in [5.41, 5.74) is 2.07. The number of hydrogen-bond donors (Lipinski definition) is 1. The normalized spacial score (nSPS) is 10.7. The minimum atomic E-state index is -0.555. The van der Waals surface area contributed by atoms with Gasteiger partial charge in [-0.3, -0.25) is 4.57 Å². The average Bonchev–Trinajstić information content (AvgIpc) is 2.77. The SMILES string of the molecule is N#Cc1cc(-n2c(=S)[nH]c3c(Cl)cccc32)ccc1F. The Bertz CT molecular complexity index is 920. The molecule has 6 heteroatoms. The van der Waals surface area contributed by atoms with Crippen LogP contribution in [0, 0.1) is 21.9 Å². The van der Waals surface area contributed by atoms with Crippen LogP contribution in [0.25, 0.3) is 16.7 Å². The van der Waals surface area contributed by atoms with Crippen LogP contribution in [0.5, 0.6) is 0 Å². The molecule has 0 unspecified atom stereocenters. The molecule has 3 nitrogen and oxygen atoms in total. The maximum atomic E-state index is 13.4. The van der Waals surface area contributed by atoms with E-state index in [4.69, 9.17) is 29.1 Å². The number of nitrogens with zero attached hydrogens (tertiary/aromatic N) is 2. The van der Waals surface area contributed by atoms with Crippen LogP contribution in [0.4, 0.5) is 4.39 Å². The summed E-state index contributed by atoms with van der Waals surface area (Å²) in [6.07, 6.45) is 0. The Balaban J connectivity index is 2.36. The highest BCUT2D eigenvalue weighted by molar-refractivity contribution is 7.71. The predicted molar refractivity (Wildman–Crippen MR) is 78.1 cm³/mol. The second-order valence-corrected chi connectivity index (χ2v) is 4.97. The first-order valence-electron chi connectivity index (χ1n) is 5.71. The zero-order valence-electron chi connectivity index (χ0n) is 10.0. The third-order valence-corrected chi connectivity index (χ3v) is 3.60. The summed E-state index contributed by atoms with van der Waals surface area (Å²) < 4.78 is 15.6. The van der Waals surface area contributed by atoms with E-state index in [1.165, 1.54) is 12.1 Å². The molecule has 1 aromatic heterocycles. The molecule has 0 bridgehead atoms. The van der Waals surface area contributed by atoms with Crippen LogP contribution >= 0.6 is 23.8 Å². The lowest BCUT2D eigenvalue weighted by Gasteiger charge is -2.05. The molecule has 2 aromatic carbocycles. The van der Waals surface area contributed by atoms with Gasteiger partial charge in [0, 0.05) is 5.69 Å². The van der Waals surface area contributed by atoms with E-state index < -0.39 is 5.82 Å². The van der Waals surface area contributed by atoms with Crippen LogP contribution in [-0.4, -0.2) is 9.55 Å². The molecule has 0 aliphatic heterocycles. The third-order valence-electron chi connectivity index (χ3n) is 3.00. The molecular formula is C14H7ClFN3S. The zero-order chi connectivity index (χ0) is 14.3. The number of nitriles is 1. The Kier molecular flexibility index (Phi) is 3.05. The zero-order valence-corrected chi connectivity index (χ0v) is 11.6. The van der Waals surface area contributed by atoms with Gasteiger partial charge in [-0.2, -0.15) is 5.26 Å². The fourth-order valence-corrected chi connectivity index (χ4v) is 2.61. The molecule has 0 aliphatic rings. The van der Waals surface area contributed by atoms with E-state index in [1.54, 1.807) is 22.8 Å². The molecule has 1 N–H and O–H groups in total. The van der Waals surface area contributed by atoms with Crippen molar-refractivity contribution < 1.29 is 4.39 Å².